The largest absolute Gasteiger partial charge is 0.300 e. The Kier molecular flexibility index (Phi) is 2.48. The lowest BCUT2D eigenvalue weighted by Gasteiger charge is -2.22. The molecule has 1 aliphatic carbocycles. The topological polar surface area (TPSA) is 23.9 Å². The molecule has 0 atom stereocenters. The van der Waals surface area contributed by atoms with Gasteiger partial charge in [0.15, 0.2) is 0 Å². The molecule has 4 aromatic rings. The molecule has 0 aromatic heterocycles. The molecule has 0 heterocycles. The zero-order chi connectivity index (χ0) is 15.4. The van der Waals surface area contributed by atoms with E-state index in [2.05, 4.69) is 72.8 Å². The van der Waals surface area contributed by atoms with Gasteiger partial charge in [0.25, 0.3) is 0 Å². The third kappa shape index (κ3) is 1.83. The molecule has 0 bridgehead atoms. The van der Waals surface area contributed by atoms with E-state index in [9.17, 15) is 0 Å². The summed E-state index contributed by atoms with van der Waals surface area (Å²) in [6, 6.07) is 25.6. The summed E-state index contributed by atoms with van der Waals surface area (Å²) in [4.78, 5) is 0. The van der Waals surface area contributed by atoms with Crippen LogP contribution in [-0.2, 0) is 6.42 Å². The number of nitrogens with one attached hydrogen (secondary N) is 1. The standard InChI is InChI=1S/C22H15N/c23-22-20-12-16-7-3-1-5-14(16)9-18(20)11-19-10-15-6-2-4-8-17(15)13-21(19)22/h1-10,12-13,23H,11H2. The van der Waals surface area contributed by atoms with Gasteiger partial charge in [-0.05, 0) is 51.2 Å². The predicted molar refractivity (Wildman–Crippen MR) is 96.6 cm³/mol. The van der Waals surface area contributed by atoms with Crippen LogP contribution in [0.5, 0.6) is 0 Å². The van der Waals surface area contributed by atoms with Gasteiger partial charge in [0, 0.05) is 11.1 Å². The maximum atomic E-state index is 8.70. The first-order chi connectivity index (χ1) is 11.3. The fourth-order valence-corrected chi connectivity index (χ4v) is 3.68. The Balaban J connectivity index is 1.78. The van der Waals surface area contributed by atoms with Crippen molar-refractivity contribution in [1.29, 1.82) is 5.41 Å². The summed E-state index contributed by atoms with van der Waals surface area (Å²) in [5, 5.41) is 13.6. The van der Waals surface area contributed by atoms with Gasteiger partial charge in [0.2, 0.25) is 0 Å². The van der Waals surface area contributed by atoms with Crippen LogP contribution in [0.15, 0.2) is 72.8 Å². The molecule has 0 unspecified atom stereocenters. The van der Waals surface area contributed by atoms with Crippen molar-refractivity contribution in [1.82, 2.24) is 0 Å². The lowest BCUT2D eigenvalue weighted by molar-refractivity contribution is 1.16. The zero-order valence-electron chi connectivity index (χ0n) is 12.6. The quantitative estimate of drug-likeness (QED) is 0.400. The van der Waals surface area contributed by atoms with Crippen molar-refractivity contribution in [3.63, 3.8) is 0 Å². The van der Waals surface area contributed by atoms with Crippen molar-refractivity contribution in [2.24, 2.45) is 0 Å². The average molecular weight is 293 g/mol. The SMILES string of the molecule is N=C1c2cc3ccccc3cc2Cc2cc3ccccc3cc21. The first kappa shape index (κ1) is 12.6. The first-order valence-electron chi connectivity index (χ1n) is 7.92. The van der Waals surface area contributed by atoms with Crippen molar-refractivity contribution in [2.45, 2.75) is 6.42 Å². The van der Waals surface area contributed by atoms with Gasteiger partial charge in [-0.2, -0.15) is 0 Å². The molecule has 108 valence electrons. The summed E-state index contributed by atoms with van der Waals surface area (Å²) in [6.07, 6.45) is 0.905. The molecule has 4 aromatic carbocycles. The number of hydrogen-bond donors (Lipinski definition) is 1. The van der Waals surface area contributed by atoms with Crippen LogP contribution in [0.1, 0.15) is 22.3 Å². The third-order valence-electron chi connectivity index (χ3n) is 4.86. The fraction of sp³-hybridized carbons (Fsp3) is 0.0455. The lowest BCUT2D eigenvalue weighted by atomic mass is 9.82. The van der Waals surface area contributed by atoms with E-state index in [0.717, 1.165) is 17.5 Å². The monoisotopic (exact) mass is 293 g/mol. The summed E-state index contributed by atoms with van der Waals surface area (Å²) in [7, 11) is 0. The van der Waals surface area contributed by atoms with Gasteiger partial charge in [-0.1, -0.05) is 60.7 Å². The van der Waals surface area contributed by atoms with Gasteiger partial charge in [-0.15, -0.1) is 0 Å². The van der Waals surface area contributed by atoms with Crippen LogP contribution in [0.25, 0.3) is 21.5 Å². The highest BCUT2D eigenvalue weighted by molar-refractivity contribution is 6.17. The number of benzene rings is 4. The molecule has 0 amide bonds. The van der Waals surface area contributed by atoms with Crippen molar-refractivity contribution < 1.29 is 0 Å². The molecule has 0 saturated carbocycles. The Morgan fingerprint density at radius 3 is 1.39 bits per heavy atom. The molecule has 0 spiro atoms. The van der Waals surface area contributed by atoms with Gasteiger partial charge in [0.1, 0.15) is 0 Å². The van der Waals surface area contributed by atoms with E-state index in [1.54, 1.807) is 0 Å². The lowest BCUT2D eigenvalue weighted by Crippen LogP contribution is -2.15. The maximum absolute atomic E-state index is 8.70. The van der Waals surface area contributed by atoms with Crippen LogP contribution in [-0.4, -0.2) is 5.71 Å². The molecule has 5 rings (SSSR count). The van der Waals surface area contributed by atoms with E-state index in [-0.39, 0.29) is 0 Å². The van der Waals surface area contributed by atoms with E-state index in [0.29, 0.717) is 5.71 Å². The van der Waals surface area contributed by atoms with Crippen LogP contribution in [0.2, 0.25) is 0 Å². The molecule has 23 heavy (non-hydrogen) atoms. The second kappa shape index (κ2) is 4.53. The van der Waals surface area contributed by atoms with Crippen molar-refractivity contribution in [3.05, 3.63) is 95.1 Å². The summed E-state index contributed by atoms with van der Waals surface area (Å²) < 4.78 is 0. The Labute approximate surface area is 134 Å². The zero-order valence-corrected chi connectivity index (χ0v) is 12.6. The molecule has 0 aliphatic heterocycles. The first-order valence-corrected chi connectivity index (χ1v) is 7.92. The second-order valence-electron chi connectivity index (χ2n) is 6.26. The predicted octanol–water partition coefficient (Wildman–Crippen LogP) is 5.31. The Bertz CT molecular complexity index is 1020. The molecule has 1 aliphatic rings. The molecule has 0 saturated heterocycles. The van der Waals surface area contributed by atoms with Gasteiger partial charge in [-0.25, -0.2) is 0 Å². The van der Waals surface area contributed by atoms with Crippen LogP contribution >= 0.6 is 0 Å². The average Bonchev–Trinajstić information content (AvgIpc) is 2.59. The van der Waals surface area contributed by atoms with Crippen LogP contribution in [0.4, 0.5) is 0 Å². The Morgan fingerprint density at radius 2 is 0.957 bits per heavy atom. The summed E-state index contributed by atoms with van der Waals surface area (Å²) in [5.74, 6) is 0. The molecule has 1 N–H and O–H groups in total. The summed E-state index contributed by atoms with van der Waals surface area (Å²) >= 11 is 0. The highest BCUT2D eigenvalue weighted by atomic mass is 14.4. The number of hydrogen-bond acceptors (Lipinski definition) is 1. The summed E-state index contributed by atoms with van der Waals surface area (Å²) in [6.45, 7) is 0. The molecule has 0 radical (unpaired) electrons. The molecular weight excluding hydrogens is 278 g/mol. The van der Waals surface area contributed by atoms with E-state index >= 15 is 0 Å². The van der Waals surface area contributed by atoms with E-state index in [4.69, 9.17) is 5.41 Å². The number of fused-ring (bicyclic) bond motifs is 4. The minimum atomic E-state index is 0.651. The molecular formula is C22H15N. The van der Waals surface area contributed by atoms with Crippen LogP contribution < -0.4 is 0 Å². The highest BCUT2D eigenvalue weighted by Gasteiger charge is 2.21. The number of rotatable bonds is 0. The second-order valence-corrected chi connectivity index (χ2v) is 6.26. The summed E-state index contributed by atoms with van der Waals surface area (Å²) in [5.41, 5.74) is 5.32. The van der Waals surface area contributed by atoms with Gasteiger partial charge in [0.05, 0.1) is 5.71 Å². The van der Waals surface area contributed by atoms with E-state index in [1.807, 2.05) is 0 Å². The molecule has 1 heteroatoms. The Hall–Kier alpha value is -2.93. The Morgan fingerprint density at radius 1 is 0.565 bits per heavy atom. The maximum Gasteiger partial charge on any atom is 0.0690 e. The van der Waals surface area contributed by atoms with E-state index < -0.39 is 0 Å². The van der Waals surface area contributed by atoms with Crippen molar-refractivity contribution in [3.8, 4) is 0 Å². The van der Waals surface area contributed by atoms with Crippen molar-refractivity contribution >= 4 is 27.3 Å². The van der Waals surface area contributed by atoms with Crippen LogP contribution in [0.3, 0.4) is 0 Å². The third-order valence-corrected chi connectivity index (χ3v) is 4.86. The minimum Gasteiger partial charge on any atom is -0.300 e. The normalized spacial score (nSPS) is 13.1. The molecule has 0 fully saturated rings. The molecule has 1 nitrogen and oxygen atoms in total. The smallest absolute Gasteiger partial charge is 0.0690 e. The van der Waals surface area contributed by atoms with Gasteiger partial charge >= 0.3 is 0 Å². The minimum absolute atomic E-state index is 0.651. The van der Waals surface area contributed by atoms with Gasteiger partial charge < -0.3 is 0 Å². The highest BCUT2D eigenvalue weighted by Crippen LogP contribution is 2.32. The van der Waals surface area contributed by atoms with Crippen LogP contribution in [0, 0.1) is 5.41 Å². The van der Waals surface area contributed by atoms with Crippen molar-refractivity contribution in [2.75, 3.05) is 0 Å². The van der Waals surface area contributed by atoms with Gasteiger partial charge in [-0.3, -0.25) is 5.41 Å². The van der Waals surface area contributed by atoms with E-state index in [1.165, 1.54) is 32.7 Å². The fourth-order valence-electron chi connectivity index (χ4n) is 3.68.